The fraction of sp³-hybridized carbons (Fsp3) is 0.125. The second-order valence-electron chi connectivity index (χ2n) is 5.53. The number of alkyl halides is 3. The zero-order valence-corrected chi connectivity index (χ0v) is 15.4. The fourth-order valence-electron chi connectivity index (χ4n) is 2.35. The molecule has 0 saturated carbocycles. The van der Waals surface area contributed by atoms with Gasteiger partial charge in [-0.2, -0.15) is 18.3 Å². The van der Waals surface area contributed by atoms with Crippen LogP contribution in [0.1, 0.15) is 21.7 Å². The summed E-state index contributed by atoms with van der Waals surface area (Å²) in [5.41, 5.74) is 3.55. The fourth-order valence-corrected chi connectivity index (χ4v) is 3.19. The van der Waals surface area contributed by atoms with Gasteiger partial charge in [-0.1, -0.05) is 11.6 Å². The average Bonchev–Trinajstić information content (AvgIpc) is 3.21. The number of halogens is 4. The molecule has 3 aromatic rings. The van der Waals surface area contributed by atoms with Gasteiger partial charge in [-0.25, -0.2) is 9.67 Å². The molecule has 0 aliphatic heterocycles. The Balaban J connectivity index is 1.93. The highest BCUT2D eigenvalue weighted by atomic mass is 35.5. The van der Waals surface area contributed by atoms with Crippen LogP contribution in [0.25, 0.3) is 5.69 Å². The molecule has 0 bridgehead atoms. The van der Waals surface area contributed by atoms with Crippen molar-refractivity contribution in [1.82, 2.24) is 14.8 Å². The number of hydrogen-bond acceptors (Lipinski definition) is 5. The normalized spacial score (nSPS) is 11.4. The van der Waals surface area contributed by atoms with Crippen LogP contribution in [0.2, 0.25) is 5.02 Å². The van der Waals surface area contributed by atoms with Crippen molar-refractivity contribution in [3.05, 3.63) is 57.8 Å². The Hall–Kier alpha value is -2.92. The number of aromatic nitrogens is 3. The third-order valence-electron chi connectivity index (χ3n) is 3.48. The van der Waals surface area contributed by atoms with Crippen LogP contribution in [0.3, 0.4) is 0 Å². The van der Waals surface area contributed by atoms with Crippen molar-refractivity contribution in [2.45, 2.75) is 12.6 Å². The Morgan fingerprint density at radius 2 is 1.93 bits per heavy atom. The monoisotopic (exact) mass is 429 g/mol. The second-order valence-corrected chi connectivity index (χ2v) is 6.83. The topological polar surface area (TPSA) is 103 Å². The predicted molar refractivity (Wildman–Crippen MR) is 96.5 cm³/mol. The molecule has 0 saturated heterocycles. The Kier molecular flexibility index (Phi) is 5.38. The molecule has 1 aromatic carbocycles. The van der Waals surface area contributed by atoms with Gasteiger partial charge in [0.15, 0.2) is 10.8 Å². The molecule has 12 heteroatoms. The maximum Gasteiger partial charge on any atom is 0.434 e. The summed E-state index contributed by atoms with van der Waals surface area (Å²) in [4.78, 5) is 27.2. The number of carbonyl (C=O) groups is 2. The zero-order valence-electron chi connectivity index (χ0n) is 13.8. The number of rotatable bonds is 5. The van der Waals surface area contributed by atoms with E-state index in [1.54, 1.807) is 0 Å². The first-order valence-electron chi connectivity index (χ1n) is 7.60. The number of carbonyl (C=O) groups excluding carboxylic acids is 2. The van der Waals surface area contributed by atoms with E-state index in [0.29, 0.717) is 15.4 Å². The average molecular weight is 430 g/mol. The van der Waals surface area contributed by atoms with Gasteiger partial charge in [-0.3, -0.25) is 14.9 Å². The van der Waals surface area contributed by atoms with Gasteiger partial charge in [0.05, 0.1) is 29.6 Å². The van der Waals surface area contributed by atoms with Crippen LogP contribution in [-0.4, -0.2) is 26.6 Å². The van der Waals surface area contributed by atoms with Crippen LogP contribution in [0.5, 0.6) is 0 Å². The largest absolute Gasteiger partial charge is 0.434 e. The van der Waals surface area contributed by atoms with Gasteiger partial charge in [-0.05, 0) is 24.3 Å². The number of hydrogen-bond donors (Lipinski definition) is 2. The van der Waals surface area contributed by atoms with E-state index < -0.39 is 29.2 Å². The van der Waals surface area contributed by atoms with Crippen LogP contribution < -0.4 is 11.1 Å². The smallest absolute Gasteiger partial charge is 0.369 e. The number of nitrogens with one attached hydrogen (secondary N) is 1. The molecule has 0 radical (unpaired) electrons. The van der Waals surface area contributed by atoms with Crippen molar-refractivity contribution in [1.29, 1.82) is 0 Å². The highest BCUT2D eigenvalue weighted by Gasteiger charge is 2.40. The van der Waals surface area contributed by atoms with Crippen LogP contribution in [0.4, 0.5) is 18.3 Å². The number of anilines is 1. The van der Waals surface area contributed by atoms with Gasteiger partial charge in [-0.15, -0.1) is 11.3 Å². The highest BCUT2D eigenvalue weighted by Crippen LogP contribution is 2.34. The molecular weight excluding hydrogens is 419 g/mol. The third-order valence-corrected chi connectivity index (χ3v) is 4.54. The summed E-state index contributed by atoms with van der Waals surface area (Å²) in [5, 5.41) is 7.84. The molecular formula is C16H11ClF3N5O2S. The summed E-state index contributed by atoms with van der Waals surface area (Å²) >= 11 is 6.72. The summed E-state index contributed by atoms with van der Waals surface area (Å²) in [5.74, 6) is -1.65. The molecule has 3 N–H and O–H groups in total. The van der Waals surface area contributed by atoms with Crippen LogP contribution >= 0.6 is 22.9 Å². The lowest BCUT2D eigenvalue weighted by atomic mass is 10.2. The lowest BCUT2D eigenvalue weighted by Crippen LogP contribution is -2.20. The SMILES string of the molecule is NC(=O)Cc1csc(NC(=O)c2cnn(-c3ccc(Cl)cc3)c2C(F)(F)F)n1. The Morgan fingerprint density at radius 3 is 2.54 bits per heavy atom. The maximum absolute atomic E-state index is 13.6. The van der Waals surface area contributed by atoms with E-state index >= 15 is 0 Å². The van der Waals surface area contributed by atoms with Crippen molar-refractivity contribution in [3.63, 3.8) is 0 Å². The Morgan fingerprint density at radius 1 is 1.25 bits per heavy atom. The van der Waals surface area contributed by atoms with Crippen molar-refractivity contribution in [2.75, 3.05) is 5.32 Å². The molecule has 3 rings (SSSR count). The number of nitrogens with two attached hydrogens (primary N) is 1. The van der Waals surface area contributed by atoms with Gasteiger partial charge in [0.25, 0.3) is 5.91 Å². The minimum absolute atomic E-state index is 0.0358. The van der Waals surface area contributed by atoms with E-state index in [-0.39, 0.29) is 17.2 Å². The number of amides is 2. The zero-order chi connectivity index (χ0) is 20.5. The maximum atomic E-state index is 13.6. The molecule has 2 amide bonds. The number of benzene rings is 1. The molecule has 0 unspecified atom stereocenters. The summed E-state index contributed by atoms with van der Waals surface area (Å²) in [6.45, 7) is 0. The Bertz CT molecular complexity index is 1030. The first-order valence-corrected chi connectivity index (χ1v) is 8.86. The number of nitrogens with zero attached hydrogens (tertiary/aromatic N) is 3. The predicted octanol–water partition coefficient (Wildman–Crippen LogP) is 3.28. The van der Waals surface area contributed by atoms with Gasteiger partial charge in [0.2, 0.25) is 5.91 Å². The van der Waals surface area contributed by atoms with Gasteiger partial charge >= 0.3 is 6.18 Å². The van der Waals surface area contributed by atoms with E-state index in [4.69, 9.17) is 17.3 Å². The van der Waals surface area contributed by atoms with Crippen molar-refractivity contribution < 1.29 is 22.8 Å². The third kappa shape index (κ3) is 4.31. The summed E-state index contributed by atoms with van der Waals surface area (Å²) in [6, 6.07) is 5.52. The van der Waals surface area contributed by atoms with E-state index in [1.807, 2.05) is 0 Å². The minimum atomic E-state index is -4.84. The Labute approximate surface area is 164 Å². The molecule has 28 heavy (non-hydrogen) atoms. The van der Waals surface area contributed by atoms with Gasteiger partial charge < -0.3 is 5.73 Å². The molecule has 0 aliphatic carbocycles. The van der Waals surface area contributed by atoms with Gasteiger partial charge in [0, 0.05) is 10.4 Å². The van der Waals surface area contributed by atoms with E-state index in [0.717, 1.165) is 17.5 Å². The second kappa shape index (κ2) is 7.60. The van der Waals surface area contributed by atoms with E-state index in [1.165, 1.54) is 29.6 Å². The lowest BCUT2D eigenvalue weighted by molar-refractivity contribution is -0.143. The first kappa shape index (κ1) is 19.8. The summed E-state index contributed by atoms with van der Waals surface area (Å²) in [6.07, 6.45) is -4.16. The van der Waals surface area contributed by atoms with Crippen LogP contribution in [-0.2, 0) is 17.4 Å². The van der Waals surface area contributed by atoms with Gasteiger partial charge in [0.1, 0.15) is 0 Å². The first-order chi connectivity index (χ1) is 13.1. The molecule has 0 spiro atoms. The van der Waals surface area contributed by atoms with Crippen molar-refractivity contribution >= 4 is 39.9 Å². The molecule has 0 aliphatic rings. The number of primary amides is 1. The summed E-state index contributed by atoms with van der Waals surface area (Å²) in [7, 11) is 0. The van der Waals surface area contributed by atoms with Crippen molar-refractivity contribution in [2.24, 2.45) is 5.73 Å². The molecule has 0 atom stereocenters. The van der Waals surface area contributed by atoms with Crippen LogP contribution in [0, 0.1) is 0 Å². The molecule has 0 fully saturated rings. The number of thiazole rings is 1. The molecule has 146 valence electrons. The van der Waals surface area contributed by atoms with Crippen LogP contribution in [0.15, 0.2) is 35.8 Å². The standard InChI is InChI=1S/C16H11ClF3N5O2S/c17-8-1-3-10(4-2-8)25-13(16(18,19)20)11(6-22-25)14(27)24-15-23-9(7-28-15)5-12(21)26/h1-4,6-7H,5H2,(H2,21,26)(H,23,24,27). The van der Waals surface area contributed by atoms with Crippen molar-refractivity contribution in [3.8, 4) is 5.69 Å². The minimum Gasteiger partial charge on any atom is -0.369 e. The molecule has 2 heterocycles. The molecule has 7 nitrogen and oxygen atoms in total. The quantitative estimate of drug-likeness (QED) is 0.649. The lowest BCUT2D eigenvalue weighted by Gasteiger charge is -2.12. The highest BCUT2D eigenvalue weighted by molar-refractivity contribution is 7.14. The molecule has 2 aromatic heterocycles. The summed E-state index contributed by atoms with van der Waals surface area (Å²) < 4.78 is 41.5. The van der Waals surface area contributed by atoms with E-state index in [2.05, 4.69) is 15.4 Å². The van der Waals surface area contributed by atoms with E-state index in [9.17, 15) is 22.8 Å².